The van der Waals surface area contributed by atoms with Crippen molar-refractivity contribution in [2.75, 3.05) is 31.9 Å². The van der Waals surface area contributed by atoms with E-state index in [-0.39, 0.29) is 11.7 Å². The van der Waals surface area contributed by atoms with Crippen molar-refractivity contribution in [3.8, 4) is 0 Å². The van der Waals surface area contributed by atoms with E-state index in [0.717, 1.165) is 46.6 Å². The van der Waals surface area contributed by atoms with Crippen LogP contribution in [0, 0.1) is 6.92 Å². The average Bonchev–Trinajstić information content (AvgIpc) is 3.43. The molecule has 32 heavy (non-hydrogen) atoms. The Labute approximate surface area is 192 Å². The van der Waals surface area contributed by atoms with Crippen molar-refractivity contribution in [1.82, 2.24) is 19.2 Å². The number of benzene rings is 2. The zero-order valence-corrected chi connectivity index (χ0v) is 19.6. The molecule has 1 N–H and O–H groups in total. The van der Waals surface area contributed by atoms with E-state index in [1.165, 1.54) is 21.6 Å². The van der Waals surface area contributed by atoms with E-state index in [2.05, 4.69) is 9.97 Å². The molecule has 2 aromatic carbocycles. The zero-order chi connectivity index (χ0) is 22.3. The number of rotatable bonds is 5. The molecule has 0 saturated carbocycles. The number of piperazine rings is 1. The molecule has 1 amide bonds. The molecule has 1 aromatic heterocycles. The predicted octanol–water partition coefficient (Wildman–Crippen LogP) is 2.99. The molecule has 0 unspecified atom stereocenters. The molecule has 168 valence electrons. The number of imidazole rings is 1. The van der Waals surface area contributed by atoms with Crippen LogP contribution >= 0.6 is 11.8 Å². The van der Waals surface area contributed by atoms with Crippen molar-refractivity contribution in [3.05, 3.63) is 53.1 Å². The highest BCUT2D eigenvalue weighted by Gasteiger charge is 2.30. The Kier molecular flexibility index (Phi) is 5.73. The quantitative estimate of drug-likeness (QED) is 0.580. The van der Waals surface area contributed by atoms with E-state index in [9.17, 15) is 13.2 Å². The smallest absolute Gasteiger partial charge is 0.243 e. The normalized spacial score (nSPS) is 17.1. The lowest BCUT2D eigenvalue weighted by atomic mass is 10.1. The molecule has 7 nitrogen and oxygen atoms in total. The molecule has 2 aliphatic rings. The summed E-state index contributed by atoms with van der Waals surface area (Å²) >= 11 is 1.38. The fourth-order valence-corrected chi connectivity index (χ4v) is 6.69. The third-order valence-electron chi connectivity index (χ3n) is 6.25. The summed E-state index contributed by atoms with van der Waals surface area (Å²) in [6.07, 6.45) is 3.07. The first-order valence-corrected chi connectivity index (χ1v) is 13.3. The standard InChI is InChI=1S/C23H26N4O3S2/c1-16-5-8-20-21(13-16)25-23(24-20)31-15-22(28)26-9-11-27(12-10-26)32(29,30)19-7-6-17-3-2-4-18(17)14-19/h5-8,13-14H,2-4,9-12,15H2,1H3,(H,24,25). The number of fused-ring (bicyclic) bond motifs is 2. The van der Waals surface area contributed by atoms with Crippen LogP contribution in [0.15, 0.2) is 46.5 Å². The maximum atomic E-state index is 13.1. The van der Waals surface area contributed by atoms with Crippen LogP contribution < -0.4 is 0 Å². The number of nitrogens with one attached hydrogen (secondary N) is 1. The summed E-state index contributed by atoms with van der Waals surface area (Å²) in [4.78, 5) is 22.6. The minimum absolute atomic E-state index is 0.00113. The molecular weight excluding hydrogens is 444 g/mol. The number of hydrogen-bond acceptors (Lipinski definition) is 5. The minimum Gasteiger partial charge on any atom is -0.339 e. The number of thioether (sulfide) groups is 1. The third kappa shape index (κ3) is 4.16. The predicted molar refractivity (Wildman–Crippen MR) is 125 cm³/mol. The van der Waals surface area contributed by atoms with E-state index >= 15 is 0 Å². The summed E-state index contributed by atoms with van der Waals surface area (Å²) in [5.41, 5.74) is 5.41. The van der Waals surface area contributed by atoms with Crippen molar-refractivity contribution < 1.29 is 13.2 Å². The molecule has 3 aromatic rings. The van der Waals surface area contributed by atoms with Crippen LogP contribution in [0.3, 0.4) is 0 Å². The van der Waals surface area contributed by atoms with E-state index in [1.807, 2.05) is 37.3 Å². The van der Waals surface area contributed by atoms with E-state index in [4.69, 9.17) is 0 Å². The van der Waals surface area contributed by atoms with Gasteiger partial charge in [0.25, 0.3) is 0 Å². The van der Waals surface area contributed by atoms with Gasteiger partial charge in [-0.3, -0.25) is 4.79 Å². The summed E-state index contributed by atoms with van der Waals surface area (Å²) in [7, 11) is -3.53. The number of carbonyl (C=O) groups is 1. The Morgan fingerprint density at radius 2 is 1.84 bits per heavy atom. The molecule has 1 aliphatic carbocycles. The van der Waals surface area contributed by atoms with E-state index < -0.39 is 10.0 Å². The van der Waals surface area contributed by atoms with Crippen molar-refractivity contribution in [2.24, 2.45) is 0 Å². The maximum absolute atomic E-state index is 13.1. The topological polar surface area (TPSA) is 86.4 Å². The third-order valence-corrected chi connectivity index (χ3v) is 9.00. The second-order valence-corrected chi connectivity index (χ2v) is 11.3. The van der Waals surface area contributed by atoms with Crippen LogP contribution in [-0.4, -0.2) is 65.4 Å². The molecule has 0 radical (unpaired) electrons. The Hall–Kier alpha value is -2.36. The van der Waals surface area contributed by atoms with E-state index in [0.29, 0.717) is 31.1 Å². The van der Waals surface area contributed by atoms with Crippen LogP contribution in [-0.2, 0) is 27.7 Å². The molecule has 9 heteroatoms. The number of aryl methyl sites for hydroxylation is 3. The number of hydrogen-bond donors (Lipinski definition) is 1. The largest absolute Gasteiger partial charge is 0.339 e. The zero-order valence-electron chi connectivity index (χ0n) is 18.0. The number of sulfonamides is 1. The fraction of sp³-hybridized carbons (Fsp3) is 0.391. The Morgan fingerprint density at radius 1 is 1.06 bits per heavy atom. The molecule has 2 heterocycles. The van der Waals surface area contributed by atoms with Crippen molar-refractivity contribution >= 4 is 38.7 Å². The Morgan fingerprint density at radius 3 is 2.66 bits per heavy atom. The van der Waals surface area contributed by atoms with Gasteiger partial charge in [0.2, 0.25) is 15.9 Å². The van der Waals surface area contributed by atoms with E-state index in [1.54, 1.807) is 11.0 Å². The highest BCUT2D eigenvalue weighted by Crippen LogP contribution is 2.27. The monoisotopic (exact) mass is 470 g/mol. The van der Waals surface area contributed by atoms with Gasteiger partial charge in [-0.25, -0.2) is 13.4 Å². The van der Waals surface area contributed by atoms with Crippen LogP contribution in [0.1, 0.15) is 23.1 Å². The summed E-state index contributed by atoms with van der Waals surface area (Å²) in [5.74, 6) is 0.275. The first-order valence-electron chi connectivity index (χ1n) is 10.9. The summed E-state index contributed by atoms with van der Waals surface area (Å²) in [6.45, 7) is 3.48. The molecule has 1 fully saturated rings. The summed E-state index contributed by atoms with van der Waals surface area (Å²) in [6, 6.07) is 11.5. The second kappa shape index (κ2) is 8.53. The van der Waals surface area contributed by atoms with Crippen LogP contribution in [0.25, 0.3) is 11.0 Å². The molecule has 0 spiro atoms. The van der Waals surface area contributed by atoms with Crippen LogP contribution in [0.2, 0.25) is 0 Å². The SMILES string of the molecule is Cc1ccc2nc(SCC(=O)N3CCN(S(=O)(=O)c4ccc5c(c4)CCC5)CC3)[nH]c2c1. The lowest BCUT2D eigenvalue weighted by Crippen LogP contribution is -2.51. The minimum atomic E-state index is -3.53. The fourth-order valence-electron chi connectivity index (χ4n) is 4.43. The Bertz CT molecular complexity index is 1280. The second-order valence-electron chi connectivity index (χ2n) is 8.42. The van der Waals surface area contributed by atoms with Gasteiger partial charge in [-0.2, -0.15) is 4.31 Å². The van der Waals surface area contributed by atoms with Gasteiger partial charge in [0.15, 0.2) is 5.16 Å². The van der Waals surface area contributed by atoms with Gasteiger partial charge >= 0.3 is 0 Å². The van der Waals surface area contributed by atoms with Crippen LogP contribution in [0.4, 0.5) is 0 Å². The lowest BCUT2D eigenvalue weighted by Gasteiger charge is -2.34. The van der Waals surface area contributed by atoms with Gasteiger partial charge in [0, 0.05) is 26.2 Å². The van der Waals surface area contributed by atoms with Crippen LogP contribution in [0.5, 0.6) is 0 Å². The first-order chi connectivity index (χ1) is 15.4. The molecular formula is C23H26N4O3S2. The molecule has 0 bridgehead atoms. The number of aromatic amines is 1. The molecule has 1 aliphatic heterocycles. The van der Waals surface area contributed by atoms with Gasteiger partial charge in [0.1, 0.15) is 0 Å². The first kappa shape index (κ1) is 21.5. The average molecular weight is 471 g/mol. The van der Waals surface area contributed by atoms with Gasteiger partial charge in [-0.15, -0.1) is 0 Å². The number of H-pyrrole nitrogens is 1. The van der Waals surface area contributed by atoms with Gasteiger partial charge in [-0.05, 0) is 67.1 Å². The molecule has 5 rings (SSSR count). The summed E-state index contributed by atoms with van der Waals surface area (Å²) in [5, 5.41) is 0.719. The number of amides is 1. The van der Waals surface area contributed by atoms with Gasteiger partial charge in [-0.1, -0.05) is 23.9 Å². The highest BCUT2D eigenvalue weighted by molar-refractivity contribution is 7.99. The number of nitrogens with zero attached hydrogens (tertiary/aromatic N) is 3. The Balaban J connectivity index is 1.18. The number of carbonyl (C=O) groups excluding carboxylic acids is 1. The van der Waals surface area contributed by atoms with Gasteiger partial charge in [0.05, 0.1) is 21.7 Å². The lowest BCUT2D eigenvalue weighted by molar-refractivity contribution is -0.129. The van der Waals surface area contributed by atoms with Crippen molar-refractivity contribution in [3.63, 3.8) is 0 Å². The highest BCUT2D eigenvalue weighted by atomic mass is 32.2. The van der Waals surface area contributed by atoms with Crippen molar-refractivity contribution in [2.45, 2.75) is 36.2 Å². The van der Waals surface area contributed by atoms with Gasteiger partial charge < -0.3 is 9.88 Å². The van der Waals surface area contributed by atoms with Crippen molar-refractivity contribution in [1.29, 1.82) is 0 Å². The molecule has 1 saturated heterocycles. The number of aromatic nitrogens is 2. The summed E-state index contributed by atoms with van der Waals surface area (Å²) < 4.78 is 27.7. The molecule has 0 atom stereocenters. The maximum Gasteiger partial charge on any atom is 0.243 e.